The summed E-state index contributed by atoms with van der Waals surface area (Å²) in [5, 5.41) is 4.76. The fourth-order valence-corrected chi connectivity index (χ4v) is 14.3. The van der Waals surface area contributed by atoms with Crippen molar-refractivity contribution in [2.45, 2.75) is 0 Å². The SMILES string of the molecule is c1ccc(-c2cccc(-c3ccc4c(c3)c3cc(-c5cccc(-c6ccccc6)c5)ccc3n4-c3ccc(-c4nc5ccccc5nc4-c4ccc(-n5c6ccc(-c7cccc(-c8ccccc8)c7)cc6c6cc(-c7cccc(-c8ccccc8)c7)ccc65)cc4)cc3)c2)cc1. The summed E-state index contributed by atoms with van der Waals surface area (Å²) in [7, 11) is 0. The summed E-state index contributed by atoms with van der Waals surface area (Å²) in [6, 6.07) is 132. The van der Waals surface area contributed by atoms with Crippen LogP contribution in [0, 0.1) is 0 Å². The first-order chi connectivity index (χ1) is 47.5. The first-order valence-electron chi connectivity index (χ1n) is 32.8. The fourth-order valence-electron chi connectivity index (χ4n) is 14.3. The van der Waals surface area contributed by atoms with E-state index in [1.165, 1.54) is 111 Å². The van der Waals surface area contributed by atoms with Crippen LogP contribution in [-0.2, 0) is 0 Å². The molecule has 18 rings (SSSR count). The molecule has 0 fully saturated rings. The van der Waals surface area contributed by atoms with Crippen molar-refractivity contribution in [1.29, 1.82) is 0 Å². The third-order valence-corrected chi connectivity index (χ3v) is 19.1. The molecule has 96 heavy (non-hydrogen) atoms. The summed E-state index contributed by atoms with van der Waals surface area (Å²) in [6.45, 7) is 0. The van der Waals surface area contributed by atoms with Gasteiger partial charge in [-0.1, -0.05) is 255 Å². The fraction of sp³-hybridized carbons (Fsp3) is 0. The van der Waals surface area contributed by atoms with Crippen molar-refractivity contribution in [2.75, 3.05) is 0 Å². The Bertz CT molecular complexity index is 5320. The lowest BCUT2D eigenvalue weighted by molar-refractivity contribution is 1.18. The van der Waals surface area contributed by atoms with Gasteiger partial charge >= 0.3 is 0 Å². The van der Waals surface area contributed by atoms with Crippen molar-refractivity contribution in [3.05, 3.63) is 364 Å². The van der Waals surface area contributed by atoms with Crippen molar-refractivity contribution >= 4 is 54.6 Å². The largest absolute Gasteiger partial charge is 0.309 e. The second-order valence-corrected chi connectivity index (χ2v) is 24.9. The van der Waals surface area contributed by atoms with Gasteiger partial charge in [0.25, 0.3) is 0 Å². The Morgan fingerprint density at radius 2 is 0.365 bits per heavy atom. The third-order valence-electron chi connectivity index (χ3n) is 19.1. The van der Waals surface area contributed by atoms with E-state index in [2.05, 4.69) is 361 Å². The molecule has 0 spiro atoms. The van der Waals surface area contributed by atoms with Crippen molar-refractivity contribution in [3.63, 3.8) is 0 Å². The maximum absolute atomic E-state index is 5.43. The zero-order chi connectivity index (χ0) is 63.5. The number of fused-ring (bicyclic) bond motifs is 7. The van der Waals surface area contributed by atoms with Gasteiger partial charge in [-0.3, -0.25) is 0 Å². The van der Waals surface area contributed by atoms with Crippen LogP contribution in [0.4, 0.5) is 0 Å². The van der Waals surface area contributed by atoms with Crippen molar-refractivity contribution in [1.82, 2.24) is 19.1 Å². The first kappa shape index (κ1) is 56.0. The van der Waals surface area contributed by atoms with E-state index in [0.717, 1.165) is 67.0 Å². The molecule has 15 aromatic carbocycles. The molecule has 0 amide bonds. The van der Waals surface area contributed by atoms with E-state index < -0.39 is 0 Å². The molecule has 4 heteroatoms. The van der Waals surface area contributed by atoms with Gasteiger partial charge < -0.3 is 9.13 Å². The van der Waals surface area contributed by atoms with Crippen LogP contribution in [-0.4, -0.2) is 19.1 Å². The summed E-state index contributed by atoms with van der Waals surface area (Å²) in [4.78, 5) is 10.9. The standard InChI is InChI=1S/C92H60N4/c1-5-19-61(20-6-1)67-27-15-31-71(53-67)75-41-49-87-81(57-75)82-58-76(72-32-16-28-68(54-72)62-21-7-2-8-22-62)42-50-88(82)95(87)79-45-37-65(38-46-79)91-92(94-86-36-14-13-35-85(86)93-91)66-39-47-80(48-40-66)96-89-51-43-77(73-33-17-29-69(55-73)63-23-9-3-10-24-63)59-83(89)84-60-78(44-52-90(84)96)74-34-18-30-70(56-74)64-25-11-4-12-26-64/h1-60H. The van der Waals surface area contributed by atoms with Crippen molar-refractivity contribution in [2.24, 2.45) is 0 Å². The Morgan fingerprint density at radius 1 is 0.156 bits per heavy atom. The first-order valence-corrected chi connectivity index (χ1v) is 32.8. The van der Waals surface area contributed by atoms with Gasteiger partial charge in [-0.15, -0.1) is 0 Å². The number of benzene rings is 15. The van der Waals surface area contributed by atoms with Crippen LogP contribution in [0.2, 0.25) is 0 Å². The average molecular weight is 1220 g/mol. The smallest absolute Gasteiger partial charge is 0.0973 e. The molecule has 0 aliphatic rings. The second kappa shape index (κ2) is 23.7. The van der Waals surface area contributed by atoms with Gasteiger partial charge in [0.1, 0.15) is 0 Å². The van der Waals surface area contributed by atoms with Crippen LogP contribution in [0.5, 0.6) is 0 Å². The minimum absolute atomic E-state index is 0.824. The highest BCUT2D eigenvalue weighted by atomic mass is 15.0. The minimum Gasteiger partial charge on any atom is -0.309 e. The third kappa shape index (κ3) is 10.2. The van der Waals surface area contributed by atoms with Gasteiger partial charge in [0.15, 0.2) is 0 Å². The summed E-state index contributed by atoms with van der Waals surface area (Å²) in [6.07, 6.45) is 0. The average Bonchev–Trinajstić information content (AvgIpc) is 1.61. The zero-order valence-corrected chi connectivity index (χ0v) is 52.4. The molecular weight excluding hydrogens is 1160 g/mol. The van der Waals surface area contributed by atoms with Gasteiger partial charge in [0, 0.05) is 44.0 Å². The molecule has 0 saturated heterocycles. The molecule has 0 N–H and O–H groups in total. The summed E-state index contributed by atoms with van der Waals surface area (Å²) >= 11 is 0. The summed E-state index contributed by atoms with van der Waals surface area (Å²) < 4.78 is 4.83. The highest BCUT2D eigenvalue weighted by Gasteiger charge is 2.21. The number of para-hydroxylation sites is 2. The van der Waals surface area contributed by atoms with Crippen LogP contribution in [0.25, 0.3) is 178 Å². The predicted octanol–water partition coefficient (Wildman–Crippen LogP) is 24.5. The minimum atomic E-state index is 0.824. The van der Waals surface area contributed by atoms with Gasteiger partial charge in [-0.05, 0) is 198 Å². The number of aromatic nitrogens is 4. The lowest BCUT2D eigenvalue weighted by atomic mass is 9.96. The van der Waals surface area contributed by atoms with E-state index >= 15 is 0 Å². The quantitative estimate of drug-likeness (QED) is 0.122. The number of rotatable bonds is 12. The highest BCUT2D eigenvalue weighted by Crippen LogP contribution is 2.43. The van der Waals surface area contributed by atoms with Crippen molar-refractivity contribution < 1.29 is 0 Å². The molecule has 0 bridgehead atoms. The van der Waals surface area contributed by atoms with Crippen LogP contribution in [0.1, 0.15) is 0 Å². The number of hydrogen-bond donors (Lipinski definition) is 0. The number of hydrogen-bond acceptors (Lipinski definition) is 2. The Kier molecular flexibility index (Phi) is 13.8. The van der Waals surface area contributed by atoms with E-state index in [9.17, 15) is 0 Å². The molecule has 3 heterocycles. The van der Waals surface area contributed by atoms with Gasteiger partial charge in [-0.25, -0.2) is 9.97 Å². The molecule has 0 radical (unpaired) electrons. The molecule has 0 saturated carbocycles. The lowest BCUT2D eigenvalue weighted by Gasteiger charge is -2.14. The second-order valence-electron chi connectivity index (χ2n) is 24.9. The highest BCUT2D eigenvalue weighted by molar-refractivity contribution is 6.13. The molecule has 0 aliphatic carbocycles. The van der Waals surface area contributed by atoms with E-state index in [1.54, 1.807) is 0 Å². The summed E-state index contributed by atoms with van der Waals surface area (Å²) in [5.41, 5.74) is 30.9. The van der Waals surface area contributed by atoms with E-state index in [1.807, 2.05) is 12.1 Å². The molecule has 18 aromatic rings. The van der Waals surface area contributed by atoms with Crippen LogP contribution in [0.3, 0.4) is 0 Å². The van der Waals surface area contributed by atoms with E-state index in [-0.39, 0.29) is 0 Å². The topological polar surface area (TPSA) is 35.6 Å². The molecular formula is C92H60N4. The van der Waals surface area contributed by atoms with Gasteiger partial charge in [0.05, 0.1) is 44.5 Å². The van der Waals surface area contributed by atoms with Gasteiger partial charge in [0.2, 0.25) is 0 Å². The zero-order valence-electron chi connectivity index (χ0n) is 52.4. The Morgan fingerprint density at radius 3 is 0.625 bits per heavy atom. The van der Waals surface area contributed by atoms with Crippen LogP contribution < -0.4 is 0 Å². The van der Waals surface area contributed by atoms with Crippen LogP contribution in [0.15, 0.2) is 364 Å². The maximum Gasteiger partial charge on any atom is 0.0973 e. The monoisotopic (exact) mass is 1220 g/mol. The normalized spacial score (nSPS) is 11.5. The predicted molar refractivity (Wildman–Crippen MR) is 403 cm³/mol. The Labute approximate surface area is 557 Å². The lowest BCUT2D eigenvalue weighted by Crippen LogP contribution is -1.98. The van der Waals surface area contributed by atoms with E-state index in [0.29, 0.717) is 0 Å². The maximum atomic E-state index is 5.43. The summed E-state index contributed by atoms with van der Waals surface area (Å²) in [5.74, 6) is 0. The molecule has 3 aromatic heterocycles. The molecule has 448 valence electrons. The van der Waals surface area contributed by atoms with Crippen LogP contribution >= 0.6 is 0 Å². The Balaban J connectivity index is 0.734. The molecule has 0 unspecified atom stereocenters. The Hall–Kier alpha value is -12.8. The van der Waals surface area contributed by atoms with E-state index in [4.69, 9.17) is 9.97 Å². The van der Waals surface area contributed by atoms with Crippen molar-refractivity contribution in [3.8, 4) is 123 Å². The molecule has 0 atom stereocenters. The molecule has 0 aliphatic heterocycles. The molecule has 4 nitrogen and oxygen atoms in total. The van der Waals surface area contributed by atoms with Gasteiger partial charge in [-0.2, -0.15) is 0 Å². The number of nitrogens with zero attached hydrogens (tertiary/aromatic N) is 4.